The summed E-state index contributed by atoms with van der Waals surface area (Å²) in [6, 6.07) is 52.7. The van der Waals surface area contributed by atoms with E-state index in [1.165, 1.54) is 27.8 Å². The number of hydrogen-bond acceptors (Lipinski definition) is 4. The van der Waals surface area contributed by atoms with Crippen molar-refractivity contribution in [1.82, 2.24) is 9.97 Å². The van der Waals surface area contributed by atoms with Crippen LogP contribution in [0.25, 0.3) is 55.9 Å². The molecule has 0 aliphatic heterocycles. The molecule has 0 amide bonds. The van der Waals surface area contributed by atoms with Crippen LogP contribution >= 0.6 is 0 Å². The summed E-state index contributed by atoms with van der Waals surface area (Å²) in [5.41, 5.74) is 19.2. The zero-order valence-corrected chi connectivity index (χ0v) is 30.2. The molecule has 0 saturated carbocycles. The van der Waals surface area contributed by atoms with Crippen LogP contribution in [-0.4, -0.2) is 21.4 Å². The van der Waals surface area contributed by atoms with Crippen molar-refractivity contribution in [3.8, 4) is 44.8 Å². The van der Waals surface area contributed by atoms with E-state index in [0.717, 1.165) is 56.0 Å². The first-order valence-electron chi connectivity index (χ1n) is 18.2. The maximum absolute atomic E-state index is 9.30. The minimum Gasteiger partial charge on any atom is -0.298 e. The third-order valence-corrected chi connectivity index (χ3v) is 10.6. The molecule has 5 nitrogen and oxygen atoms in total. The molecule has 5 aromatic carbocycles. The van der Waals surface area contributed by atoms with Gasteiger partial charge < -0.3 is 0 Å². The van der Waals surface area contributed by atoms with E-state index in [-0.39, 0.29) is 5.41 Å². The Bertz CT molecular complexity index is 2650. The van der Waals surface area contributed by atoms with Crippen LogP contribution in [0.3, 0.4) is 0 Å². The van der Waals surface area contributed by atoms with Gasteiger partial charge in [0.15, 0.2) is 11.4 Å². The molecule has 2 aromatic heterocycles. The van der Waals surface area contributed by atoms with Gasteiger partial charge >= 0.3 is 0 Å². The van der Waals surface area contributed by atoms with Gasteiger partial charge in [-0.1, -0.05) is 104 Å². The molecule has 0 saturated heterocycles. The molecule has 9 rings (SSSR count). The average Bonchev–Trinajstić information content (AvgIpc) is 3.46. The monoisotopic (exact) mass is 696 g/mol. The Labute approximate surface area is 315 Å². The van der Waals surface area contributed by atoms with E-state index in [2.05, 4.69) is 133 Å². The highest BCUT2D eigenvalue weighted by Crippen LogP contribution is 2.49. The maximum atomic E-state index is 9.30. The van der Waals surface area contributed by atoms with E-state index >= 15 is 0 Å². The Morgan fingerprint density at radius 3 is 1.83 bits per heavy atom. The number of rotatable bonds is 7. The molecule has 2 aliphatic rings. The summed E-state index contributed by atoms with van der Waals surface area (Å²) in [5.74, 6) is 0. The highest BCUT2D eigenvalue weighted by atomic mass is 15.3. The number of benzene rings is 5. The fraction of sp³-hybridized carbons (Fsp3) is 0.0612. The lowest BCUT2D eigenvalue weighted by Gasteiger charge is -2.22. The Balaban J connectivity index is 1.04. The molecule has 2 heterocycles. The van der Waals surface area contributed by atoms with Crippen molar-refractivity contribution in [3.05, 3.63) is 198 Å². The van der Waals surface area contributed by atoms with Crippen molar-refractivity contribution < 1.29 is 5.43 Å². The van der Waals surface area contributed by atoms with E-state index < -0.39 is 0 Å². The van der Waals surface area contributed by atoms with E-state index in [0.29, 0.717) is 11.4 Å². The third kappa shape index (κ3) is 6.11. The van der Waals surface area contributed by atoms with E-state index in [1.54, 1.807) is 0 Å². The van der Waals surface area contributed by atoms with Crippen molar-refractivity contribution in [1.29, 1.82) is 5.41 Å². The lowest BCUT2D eigenvalue weighted by Crippen LogP contribution is -2.72. The summed E-state index contributed by atoms with van der Waals surface area (Å²) in [4.78, 5) is 9.15. The predicted molar refractivity (Wildman–Crippen MR) is 221 cm³/mol. The normalized spacial score (nSPS) is 15.0. The largest absolute Gasteiger partial charge is 0.298 e. The lowest BCUT2D eigenvalue weighted by molar-refractivity contribution is -0.577. The molecule has 5 heteroatoms. The first kappa shape index (κ1) is 33.0. The molecule has 7 aromatic rings. The number of nitrogens with two attached hydrogens (primary N) is 1. The first-order chi connectivity index (χ1) is 26.4. The van der Waals surface area contributed by atoms with Gasteiger partial charge in [-0.25, -0.2) is 0 Å². The summed E-state index contributed by atoms with van der Waals surface area (Å²) in [5, 5.41) is 14.3. The zero-order chi connectivity index (χ0) is 36.6. The molecule has 0 radical (unpaired) electrons. The second-order valence-electron chi connectivity index (χ2n) is 14.3. The molecule has 0 atom stereocenters. The van der Waals surface area contributed by atoms with Crippen LogP contribution in [-0.2, 0) is 5.41 Å². The number of allylic oxidation sites excluding steroid dienone is 4. The minimum atomic E-state index is -0.0468. The highest BCUT2D eigenvalue weighted by Gasteiger charge is 2.35. The standard InChI is InChI=1S/C49H37N5/c1-49(2)43-16-4-3-15-40(43)41-24-21-34(30-44(41)49)32-19-22-39(23-20-32)53-54-48-42(35-12-10-14-37(28-35)47-18-6-8-26-52-47)29-38(31-45(48)50)33-11-9-13-36(27-33)46-17-5-7-25-51-46/h3-31,50,53H,1-2H3/p+1. The maximum Gasteiger partial charge on any atom is 0.155 e. The second-order valence-corrected chi connectivity index (χ2v) is 14.3. The fourth-order valence-corrected chi connectivity index (χ4v) is 7.72. The molecule has 0 unspecified atom stereocenters. The number of fused-ring (bicyclic) bond motifs is 3. The van der Waals surface area contributed by atoms with Gasteiger partial charge in [0.25, 0.3) is 0 Å². The quantitative estimate of drug-likeness (QED) is 0.0753. The van der Waals surface area contributed by atoms with Crippen molar-refractivity contribution in [3.63, 3.8) is 0 Å². The topological polar surface area (TPSA) is 78.6 Å². The number of pyridine rings is 2. The Morgan fingerprint density at radius 2 is 1.13 bits per heavy atom. The van der Waals surface area contributed by atoms with Gasteiger partial charge in [-0.05, 0) is 117 Å². The van der Waals surface area contributed by atoms with Gasteiger partial charge in [0.2, 0.25) is 0 Å². The lowest BCUT2D eigenvalue weighted by atomic mass is 9.81. The fourth-order valence-electron chi connectivity index (χ4n) is 7.72. The van der Waals surface area contributed by atoms with Gasteiger partial charge in [0.1, 0.15) is 0 Å². The molecule has 0 spiro atoms. The number of nitrogens with one attached hydrogen (secondary N) is 1. The van der Waals surface area contributed by atoms with Gasteiger partial charge in [-0.3, -0.25) is 15.4 Å². The zero-order valence-electron chi connectivity index (χ0n) is 30.2. The van der Waals surface area contributed by atoms with E-state index in [4.69, 9.17) is 5.10 Å². The Morgan fingerprint density at radius 1 is 0.519 bits per heavy atom. The summed E-state index contributed by atoms with van der Waals surface area (Å²) >= 11 is 0. The highest BCUT2D eigenvalue weighted by molar-refractivity contribution is 6.62. The molecular weight excluding hydrogens is 659 g/mol. The van der Waals surface area contributed by atoms with Crippen LogP contribution in [0.2, 0.25) is 0 Å². The SMILES string of the molecule is CC1(C)c2ccccc2-c2ccc(-c3ccc([NH2+]N=C4C(=N)C=C(c5cccc(-c6ccccn6)c5)C=C4c4cccc(-c5ccccn5)c4)cc3)cc21. The predicted octanol–water partition coefficient (Wildman–Crippen LogP) is 10.5. The van der Waals surface area contributed by atoms with Crippen LogP contribution in [0, 0.1) is 5.41 Å². The van der Waals surface area contributed by atoms with Gasteiger partial charge in [0.05, 0.1) is 17.1 Å². The molecule has 258 valence electrons. The van der Waals surface area contributed by atoms with E-state index in [9.17, 15) is 5.41 Å². The summed E-state index contributed by atoms with van der Waals surface area (Å²) < 4.78 is 0. The van der Waals surface area contributed by atoms with Gasteiger partial charge in [0, 0.05) is 46.6 Å². The van der Waals surface area contributed by atoms with E-state index in [1.807, 2.05) is 72.4 Å². The Hall–Kier alpha value is -6.82. The Kier molecular flexibility index (Phi) is 8.34. The minimum absolute atomic E-state index is 0.0468. The first-order valence-corrected chi connectivity index (χ1v) is 18.2. The van der Waals surface area contributed by atoms with Crippen molar-refractivity contribution in [2.45, 2.75) is 19.3 Å². The van der Waals surface area contributed by atoms with Crippen molar-refractivity contribution >= 4 is 28.3 Å². The molecular formula is C49H38N5+. The average molecular weight is 697 g/mol. The number of hydrogen-bond donors (Lipinski definition) is 2. The molecule has 2 aliphatic carbocycles. The van der Waals surface area contributed by atoms with Gasteiger partial charge in [-0.2, -0.15) is 5.43 Å². The molecule has 0 fully saturated rings. The molecule has 0 bridgehead atoms. The summed E-state index contributed by atoms with van der Waals surface area (Å²) in [7, 11) is 0. The summed E-state index contributed by atoms with van der Waals surface area (Å²) in [6.07, 6.45) is 7.68. The third-order valence-electron chi connectivity index (χ3n) is 10.6. The molecule has 3 N–H and O–H groups in total. The number of quaternary nitrogens is 1. The smallest absolute Gasteiger partial charge is 0.155 e. The van der Waals surface area contributed by atoms with Crippen LogP contribution < -0.4 is 5.43 Å². The van der Waals surface area contributed by atoms with Crippen molar-refractivity contribution in [2.75, 3.05) is 0 Å². The number of nitrogens with zero attached hydrogens (tertiary/aromatic N) is 3. The second kappa shape index (κ2) is 13.6. The molecule has 54 heavy (non-hydrogen) atoms. The van der Waals surface area contributed by atoms with Crippen LogP contribution in [0.5, 0.6) is 0 Å². The van der Waals surface area contributed by atoms with Gasteiger partial charge in [-0.15, -0.1) is 0 Å². The summed E-state index contributed by atoms with van der Waals surface area (Å²) in [6.45, 7) is 4.63. The van der Waals surface area contributed by atoms with Crippen LogP contribution in [0.4, 0.5) is 5.69 Å². The van der Waals surface area contributed by atoms with Crippen LogP contribution in [0.1, 0.15) is 36.1 Å². The van der Waals surface area contributed by atoms with Crippen molar-refractivity contribution in [2.24, 2.45) is 5.10 Å². The van der Waals surface area contributed by atoms with Crippen LogP contribution in [0.15, 0.2) is 181 Å². The number of aromatic nitrogens is 2.